The molecule has 0 aliphatic carbocycles. The van der Waals surface area contributed by atoms with Gasteiger partial charge in [-0.25, -0.2) is 0 Å². The van der Waals surface area contributed by atoms with Gasteiger partial charge in [-0.3, -0.25) is 0 Å². The van der Waals surface area contributed by atoms with Crippen molar-refractivity contribution in [1.82, 2.24) is 10.2 Å². The summed E-state index contributed by atoms with van der Waals surface area (Å²) in [6.07, 6.45) is 2.55. The van der Waals surface area contributed by atoms with Crippen molar-refractivity contribution in [3.05, 3.63) is 29.8 Å². The van der Waals surface area contributed by atoms with E-state index in [4.69, 9.17) is 10.00 Å². The molecule has 1 saturated heterocycles. The Morgan fingerprint density at radius 2 is 2.20 bits per heavy atom. The number of nitriles is 1. The molecule has 0 spiro atoms. The van der Waals surface area contributed by atoms with Crippen LogP contribution in [0.1, 0.15) is 25.3 Å². The predicted molar refractivity (Wildman–Crippen MR) is 79.5 cm³/mol. The van der Waals surface area contributed by atoms with E-state index in [1.807, 2.05) is 18.2 Å². The number of nitrogens with one attached hydrogen (secondary N) is 1. The molecule has 0 aromatic heterocycles. The van der Waals surface area contributed by atoms with Crippen molar-refractivity contribution in [3.8, 4) is 11.8 Å². The Balaban J connectivity index is 1.77. The van der Waals surface area contributed by atoms with Crippen LogP contribution >= 0.6 is 0 Å². The van der Waals surface area contributed by atoms with E-state index >= 15 is 0 Å². The van der Waals surface area contributed by atoms with Crippen LogP contribution in [0.5, 0.6) is 5.75 Å². The van der Waals surface area contributed by atoms with E-state index in [-0.39, 0.29) is 6.61 Å². The fourth-order valence-electron chi connectivity index (χ4n) is 2.59. The maximum atomic E-state index is 8.46. The molecule has 108 valence electrons. The molecule has 1 unspecified atom stereocenters. The third-order valence-corrected chi connectivity index (χ3v) is 3.77. The molecule has 1 heterocycles. The van der Waals surface area contributed by atoms with Crippen molar-refractivity contribution in [2.75, 3.05) is 26.2 Å². The molecule has 1 aromatic carbocycles. The second-order valence-electron chi connectivity index (χ2n) is 5.20. The summed E-state index contributed by atoms with van der Waals surface area (Å²) < 4.78 is 5.25. The van der Waals surface area contributed by atoms with Crippen LogP contribution in [0, 0.1) is 11.3 Å². The molecule has 1 aromatic rings. The van der Waals surface area contributed by atoms with E-state index < -0.39 is 0 Å². The van der Waals surface area contributed by atoms with Crippen LogP contribution in [-0.2, 0) is 6.54 Å². The fraction of sp³-hybridized carbons (Fsp3) is 0.562. The van der Waals surface area contributed by atoms with Gasteiger partial charge in [0.1, 0.15) is 11.8 Å². The number of rotatable bonds is 6. The molecule has 0 bridgehead atoms. The van der Waals surface area contributed by atoms with Crippen molar-refractivity contribution in [2.45, 2.75) is 32.4 Å². The molecule has 1 aliphatic heterocycles. The number of hydrogen-bond acceptors (Lipinski definition) is 4. The molecule has 1 fully saturated rings. The number of hydrogen-bond donors (Lipinski definition) is 1. The Kier molecular flexibility index (Phi) is 5.85. The van der Waals surface area contributed by atoms with Gasteiger partial charge in [-0.05, 0) is 43.6 Å². The van der Waals surface area contributed by atoms with Gasteiger partial charge < -0.3 is 15.0 Å². The average molecular weight is 273 g/mol. The molecule has 0 amide bonds. The summed E-state index contributed by atoms with van der Waals surface area (Å²) >= 11 is 0. The molecule has 4 heteroatoms. The second-order valence-corrected chi connectivity index (χ2v) is 5.20. The molecular weight excluding hydrogens is 250 g/mol. The number of likely N-dealkylation sites (N-methyl/N-ethyl adjacent to an activating group) is 1. The monoisotopic (exact) mass is 273 g/mol. The maximum Gasteiger partial charge on any atom is 0.174 e. The van der Waals surface area contributed by atoms with E-state index in [9.17, 15) is 0 Å². The second kappa shape index (κ2) is 7.88. The van der Waals surface area contributed by atoms with Crippen LogP contribution < -0.4 is 10.1 Å². The van der Waals surface area contributed by atoms with Crippen molar-refractivity contribution in [1.29, 1.82) is 5.26 Å². The lowest BCUT2D eigenvalue weighted by Crippen LogP contribution is -2.45. The molecule has 2 rings (SSSR count). The zero-order valence-corrected chi connectivity index (χ0v) is 12.1. The molecule has 4 nitrogen and oxygen atoms in total. The Bertz CT molecular complexity index is 438. The Labute approximate surface area is 121 Å². The largest absolute Gasteiger partial charge is 0.479 e. The zero-order chi connectivity index (χ0) is 14.2. The highest BCUT2D eigenvalue weighted by molar-refractivity contribution is 5.27. The molecule has 20 heavy (non-hydrogen) atoms. The van der Waals surface area contributed by atoms with Crippen LogP contribution in [0.15, 0.2) is 24.3 Å². The summed E-state index contributed by atoms with van der Waals surface area (Å²) in [6, 6.07) is 10.5. The Morgan fingerprint density at radius 1 is 1.40 bits per heavy atom. The molecule has 0 saturated carbocycles. The van der Waals surface area contributed by atoms with E-state index in [0.717, 1.165) is 25.4 Å². The van der Waals surface area contributed by atoms with Gasteiger partial charge in [0.25, 0.3) is 0 Å². The fourth-order valence-corrected chi connectivity index (χ4v) is 2.59. The lowest BCUT2D eigenvalue weighted by molar-refractivity contribution is 0.198. The van der Waals surface area contributed by atoms with Gasteiger partial charge >= 0.3 is 0 Å². The SMILES string of the molecule is CCN1CCCC(NCc2ccc(OCC#N)cc2)C1. The number of likely N-dealkylation sites (tertiary alicyclic amines) is 1. The standard InChI is InChI=1S/C16H23N3O/c1-2-19-10-3-4-15(13-19)18-12-14-5-7-16(8-6-14)20-11-9-17/h5-8,15,18H,2-4,10-13H2,1H3. The Morgan fingerprint density at radius 3 is 2.90 bits per heavy atom. The summed E-state index contributed by atoms with van der Waals surface area (Å²) in [7, 11) is 0. The van der Waals surface area contributed by atoms with Gasteiger partial charge in [0.2, 0.25) is 0 Å². The van der Waals surface area contributed by atoms with Gasteiger partial charge in [0.15, 0.2) is 6.61 Å². The quantitative estimate of drug-likeness (QED) is 0.863. The number of nitrogens with zero attached hydrogens (tertiary/aromatic N) is 2. The lowest BCUT2D eigenvalue weighted by atomic mass is 10.1. The normalized spacial score (nSPS) is 19.5. The van der Waals surface area contributed by atoms with Crippen LogP contribution in [0.3, 0.4) is 0 Å². The minimum Gasteiger partial charge on any atom is -0.479 e. The van der Waals surface area contributed by atoms with E-state index in [1.165, 1.54) is 24.9 Å². The first-order chi connectivity index (χ1) is 9.81. The summed E-state index contributed by atoms with van der Waals surface area (Å²) in [6.45, 7) is 6.75. The number of ether oxygens (including phenoxy) is 1. The van der Waals surface area contributed by atoms with Crippen molar-refractivity contribution < 1.29 is 4.74 Å². The van der Waals surface area contributed by atoms with E-state index in [0.29, 0.717) is 6.04 Å². The molecule has 1 atom stereocenters. The zero-order valence-electron chi connectivity index (χ0n) is 12.1. The summed E-state index contributed by atoms with van der Waals surface area (Å²) in [4.78, 5) is 2.50. The third kappa shape index (κ3) is 4.52. The minimum absolute atomic E-state index is 0.104. The van der Waals surface area contributed by atoms with Crippen LogP contribution in [0.2, 0.25) is 0 Å². The molecule has 1 aliphatic rings. The van der Waals surface area contributed by atoms with Gasteiger partial charge in [0.05, 0.1) is 0 Å². The molecule has 0 radical (unpaired) electrons. The van der Waals surface area contributed by atoms with E-state index in [2.05, 4.69) is 29.3 Å². The summed E-state index contributed by atoms with van der Waals surface area (Å²) in [5.41, 5.74) is 1.25. The highest BCUT2D eigenvalue weighted by Crippen LogP contribution is 2.13. The van der Waals surface area contributed by atoms with Crippen LogP contribution in [0.4, 0.5) is 0 Å². The first kappa shape index (κ1) is 14.8. The van der Waals surface area contributed by atoms with Crippen molar-refractivity contribution in [3.63, 3.8) is 0 Å². The van der Waals surface area contributed by atoms with Gasteiger partial charge in [-0.1, -0.05) is 19.1 Å². The molecular formula is C16H23N3O. The minimum atomic E-state index is 0.104. The topological polar surface area (TPSA) is 48.3 Å². The lowest BCUT2D eigenvalue weighted by Gasteiger charge is -2.32. The van der Waals surface area contributed by atoms with Gasteiger partial charge in [0, 0.05) is 19.1 Å². The molecule has 1 N–H and O–H groups in total. The van der Waals surface area contributed by atoms with Gasteiger partial charge in [-0.15, -0.1) is 0 Å². The maximum absolute atomic E-state index is 8.46. The smallest absolute Gasteiger partial charge is 0.174 e. The van der Waals surface area contributed by atoms with E-state index in [1.54, 1.807) is 0 Å². The summed E-state index contributed by atoms with van der Waals surface area (Å²) in [5.74, 6) is 0.755. The number of benzene rings is 1. The predicted octanol–water partition coefficient (Wildman–Crippen LogP) is 2.16. The van der Waals surface area contributed by atoms with Crippen molar-refractivity contribution >= 4 is 0 Å². The Hall–Kier alpha value is -1.57. The average Bonchev–Trinajstić information content (AvgIpc) is 2.52. The third-order valence-electron chi connectivity index (χ3n) is 3.77. The van der Waals surface area contributed by atoms with Crippen molar-refractivity contribution in [2.24, 2.45) is 0 Å². The van der Waals surface area contributed by atoms with Crippen LogP contribution in [-0.4, -0.2) is 37.2 Å². The number of piperidine rings is 1. The summed E-state index contributed by atoms with van der Waals surface area (Å²) in [5, 5.41) is 12.1. The van der Waals surface area contributed by atoms with Gasteiger partial charge in [-0.2, -0.15) is 5.26 Å². The first-order valence-electron chi connectivity index (χ1n) is 7.36. The highest BCUT2D eigenvalue weighted by atomic mass is 16.5. The van der Waals surface area contributed by atoms with Crippen LogP contribution in [0.25, 0.3) is 0 Å². The highest BCUT2D eigenvalue weighted by Gasteiger charge is 2.17. The first-order valence-corrected chi connectivity index (χ1v) is 7.36.